The molecule has 0 spiro atoms. The standard InChI is InChI=1S/C13H16ClFN4/c1-3-6-19-13(12(16)8(2)18-19)17-11-5-4-9(15)7-10(11)14/h4-5,7,17H,3,6,16H2,1-2H3. The molecule has 1 aromatic carbocycles. The summed E-state index contributed by atoms with van der Waals surface area (Å²) in [6, 6.07) is 4.18. The summed E-state index contributed by atoms with van der Waals surface area (Å²) < 4.78 is 14.8. The van der Waals surface area contributed by atoms with Gasteiger partial charge in [0.2, 0.25) is 0 Å². The Kier molecular flexibility index (Phi) is 3.95. The Labute approximate surface area is 116 Å². The third kappa shape index (κ3) is 2.81. The summed E-state index contributed by atoms with van der Waals surface area (Å²) in [4.78, 5) is 0. The van der Waals surface area contributed by atoms with Gasteiger partial charge in [0, 0.05) is 6.54 Å². The van der Waals surface area contributed by atoms with E-state index in [0.717, 1.165) is 18.7 Å². The van der Waals surface area contributed by atoms with Crippen LogP contribution in [-0.2, 0) is 6.54 Å². The van der Waals surface area contributed by atoms with Gasteiger partial charge in [-0.3, -0.25) is 0 Å². The Morgan fingerprint density at radius 3 is 2.84 bits per heavy atom. The molecule has 0 saturated carbocycles. The lowest BCUT2D eigenvalue weighted by atomic mass is 10.3. The number of nitrogen functional groups attached to an aromatic ring is 1. The minimum absolute atomic E-state index is 0.307. The van der Waals surface area contributed by atoms with E-state index in [4.69, 9.17) is 17.3 Å². The molecule has 2 rings (SSSR count). The van der Waals surface area contributed by atoms with E-state index in [9.17, 15) is 4.39 Å². The summed E-state index contributed by atoms with van der Waals surface area (Å²) in [5, 5.41) is 7.78. The van der Waals surface area contributed by atoms with Gasteiger partial charge < -0.3 is 11.1 Å². The van der Waals surface area contributed by atoms with Crippen molar-refractivity contribution in [3.63, 3.8) is 0 Å². The van der Waals surface area contributed by atoms with Gasteiger partial charge in [-0.1, -0.05) is 18.5 Å². The van der Waals surface area contributed by atoms with Crippen LogP contribution >= 0.6 is 11.6 Å². The molecule has 0 atom stereocenters. The van der Waals surface area contributed by atoms with Gasteiger partial charge in [-0.2, -0.15) is 5.10 Å². The van der Waals surface area contributed by atoms with E-state index in [-0.39, 0.29) is 5.82 Å². The molecule has 102 valence electrons. The highest BCUT2D eigenvalue weighted by atomic mass is 35.5. The smallest absolute Gasteiger partial charge is 0.152 e. The molecule has 0 aliphatic rings. The van der Waals surface area contributed by atoms with Crippen molar-refractivity contribution in [2.75, 3.05) is 11.1 Å². The van der Waals surface area contributed by atoms with E-state index in [1.54, 1.807) is 10.7 Å². The average Bonchev–Trinajstić information content (AvgIpc) is 2.61. The van der Waals surface area contributed by atoms with Gasteiger partial charge >= 0.3 is 0 Å². The van der Waals surface area contributed by atoms with Gasteiger partial charge in [0.05, 0.1) is 22.1 Å². The predicted octanol–water partition coefficient (Wildman–Crippen LogP) is 3.72. The zero-order chi connectivity index (χ0) is 14.0. The molecule has 0 amide bonds. The van der Waals surface area contributed by atoms with Crippen LogP contribution in [0.1, 0.15) is 19.0 Å². The number of rotatable bonds is 4. The molecule has 4 nitrogen and oxygen atoms in total. The van der Waals surface area contributed by atoms with E-state index in [2.05, 4.69) is 17.3 Å². The minimum atomic E-state index is -0.373. The summed E-state index contributed by atoms with van der Waals surface area (Å²) in [5.74, 6) is 0.314. The Hall–Kier alpha value is -1.75. The molecule has 0 radical (unpaired) electrons. The van der Waals surface area contributed by atoms with E-state index in [1.807, 2.05) is 6.92 Å². The van der Waals surface area contributed by atoms with Crippen LogP contribution in [0.2, 0.25) is 5.02 Å². The quantitative estimate of drug-likeness (QED) is 0.898. The first-order valence-corrected chi connectivity index (χ1v) is 6.45. The van der Waals surface area contributed by atoms with Gasteiger partial charge in [0.25, 0.3) is 0 Å². The Morgan fingerprint density at radius 1 is 1.47 bits per heavy atom. The van der Waals surface area contributed by atoms with Crippen LogP contribution in [0.4, 0.5) is 21.6 Å². The molecule has 0 bridgehead atoms. The van der Waals surface area contributed by atoms with Crippen molar-refractivity contribution in [3.8, 4) is 0 Å². The highest BCUT2D eigenvalue weighted by Gasteiger charge is 2.13. The summed E-state index contributed by atoms with van der Waals surface area (Å²) in [5.41, 5.74) is 7.94. The van der Waals surface area contributed by atoms with Crippen LogP contribution < -0.4 is 11.1 Å². The fraction of sp³-hybridized carbons (Fsp3) is 0.308. The molecule has 1 aromatic heterocycles. The van der Waals surface area contributed by atoms with Crippen LogP contribution in [0.5, 0.6) is 0 Å². The molecule has 0 unspecified atom stereocenters. The van der Waals surface area contributed by atoms with Crippen molar-refractivity contribution in [3.05, 3.63) is 34.7 Å². The fourth-order valence-corrected chi connectivity index (χ4v) is 2.03. The number of hydrogen-bond acceptors (Lipinski definition) is 3. The third-order valence-electron chi connectivity index (χ3n) is 2.79. The van der Waals surface area contributed by atoms with E-state index in [0.29, 0.717) is 22.2 Å². The van der Waals surface area contributed by atoms with E-state index in [1.165, 1.54) is 12.1 Å². The van der Waals surface area contributed by atoms with Crippen molar-refractivity contribution in [2.24, 2.45) is 0 Å². The zero-order valence-electron chi connectivity index (χ0n) is 10.9. The van der Waals surface area contributed by atoms with Crippen molar-refractivity contribution >= 4 is 28.8 Å². The third-order valence-corrected chi connectivity index (χ3v) is 3.11. The van der Waals surface area contributed by atoms with Gasteiger partial charge in [-0.05, 0) is 31.5 Å². The predicted molar refractivity (Wildman–Crippen MR) is 76.4 cm³/mol. The zero-order valence-corrected chi connectivity index (χ0v) is 11.6. The molecule has 0 aliphatic carbocycles. The number of anilines is 3. The summed E-state index contributed by atoms with van der Waals surface area (Å²) in [6.45, 7) is 4.65. The normalized spacial score (nSPS) is 10.7. The molecular weight excluding hydrogens is 267 g/mol. The summed E-state index contributed by atoms with van der Waals surface area (Å²) >= 11 is 5.99. The first-order chi connectivity index (χ1) is 9.02. The SMILES string of the molecule is CCCn1nc(C)c(N)c1Nc1ccc(F)cc1Cl. The molecular formula is C13H16ClFN4. The second-order valence-electron chi connectivity index (χ2n) is 4.32. The number of hydrogen-bond donors (Lipinski definition) is 2. The van der Waals surface area contributed by atoms with Crippen LogP contribution in [0.15, 0.2) is 18.2 Å². The fourth-order valence-electron chi connectivity index (χ4n) is 1.82. The molecule has 0 fully saturated rings. The maximum atomic E-state index is 13.0. The molecule has 19 heavy (non-hydrogen) atoms. The number of nitrogens with zero attached hydrogens (tertiary/aromatic N) is 2. The van der Waals surface area contributed by atoms with E-state index >= 15 is 0 Å². The molecule has 2 aromatic rings. The number of aromatic nitrogens is 2. The number of benzene rings is 1. The molecule has 0 saturated heterocycles. The van der Waals surface area contributed by atoms with Crippen LogP contribution in [0.3, 0.4) is 0 Å². The Morgan fingerprint density at radius 2 is 2.21 bits per heavy atom. The number of nitrogens with one attached hydrogen (secondary N) is 1. The first kappa shape index (κ1) is 13.7. The largest absolute Gasteiger partial charge is 0.394 e. The van der Waals surface area contributed by atoms with Gasteiger partial charge in [0.15, 0.2) is 5.82 Å². The van der Waals surface area contributed by atoms with Crippen LogP contribution in [0, 0.1) is 12.7 Å². The van der Waals surface area contributed by atoms with Crippen molar-refractivity contribution < 1.29 is 4.39 Å². The molecule has 6 heteroatoms. The second-order valence-corrected chi connectivity index (χ2v) is 4.73. The topological polar surface area (TPSA) is 55.9 Å². The Bertz CT molecular complexity index is 595. The lowest BCUT2D eigenvalue weighted by molar-refractivity contribution is 0.605. The average molecular weight is 283 g/mol. The highest BCUT2D eigenvalue weighted by molar-refractivity contribution is 6.33. The molecule has 3 N–H and O–H groups in total. The van der Waals surface area contributed by atoms with Gasteiger partial charge in [-0.25, -0.2) is 9.07 Å². The Balaban J connectivity index is 2.37. The lowest BCUT2D eigenvalue weighted by Gasteiger charge is -2.11. The minimum Gasteiger partial charge on any atom is -0.394 e. The molecule has 1 heterocycles. The monoisotopic (exact) mass is 282 g/mol. The van der Waals surface area contributed by atoms with Gasteiger partial charge in [-0.15, -0.1) is 0 Å². The van der Waals surface area contributed by atoms with Crippen LogP contribution in [0.25, 0.3) is 0 Å². The van der Waals surface area contributed by atoms with Crippen molar-refractivity contribution in [1.82, 2.24) is 9.78 Å². The highest BCUT2D eigenvalue weighted by Crippen LogP contribution is 2.30. The summed E-state index contributed by atoms with van der Waals surface area (Å²) in [7, 11) is 0. The van der Waals surface area contributed by atoms with Crippen molar-refractivity contribution in [2.45, 2.75) is 26.8 Å². The first-order valence-electron chi connectivity index (χ1n) is 6.08. The lowest BCUT2D eigenvalue weighted by Crippen LogP contribution is -2.06. The maximum absolute atomic E-state index is 13.0. The van der Waals surface area contributed by atoms with Gasteiger partial charge in [0.1, 0.15) is 5.82 Å². The number of aryl methyl sites for hydroxylation is 2. The number of halogens is 2. The van der Waals surface area contributed by atoms with E-state index < -0.39 is 0 Å². The van der Waals surface area contributed by atoms with Crippen LogP contribution in [-0.4, -0.2) is 9.78 Å². The van der Waals surface area contributed by atoms with Crippen molar-refractivity contribution in [1.29, 1.82) is 0 Å². The maximum Gasteiger partial charge on any atom is 0.152 e. The summed E-state index contributed by atoms with van der Waals surface area (Å²) in [6.07, 6.45) is 0.937. The number of nitrogens with two attached hydrogens (primary N) is 1. The second kappa shape index (κ2) is 5.48. The molecule has 0 aliphatic heterocycles.